The van der Waals surface area contributed by atoms with Crippen LogP contribution in [0, 0.1) is 0 Å². The second kappa shape index (κ2) is 11.2. The van der Waals surface area contributed by atoms with E-state index in [-0.39, 0.29) is 18.8 Å². The topological polar surface area (TPSA) is 95.3 Å². The van der Waals surface area contributed by atoms with E-state index in [4.69, 9.17) is 32.7 Å². The molecule has 0 spiro atoms. The molecule has 1 N–H and O–H groups in total. The molecule has 2 aromatic carbocycles. The van der Waals surface area contributed by atoms with Gasteiger partial charge in [0.25, 0.3) is 0 Å². The monoisotopic (exact) mass is 524 g/mol. The fraction of sp³-hybridized carbons (Fsp3) is 0.154. The Morgan fingerprint density at radius 2 is 1.50 bits per heavy atom. The van der Waals surface area contributed by atoms with Crippen LogP contribution in [0.25, 0.3) is 27.8 Å². The van der Waals surface area contributed by atoms with Crippen LogP contribution in [0.15, 0.2) is 72.8 Å². The van der Waals surface area contributed by atoms with E-state index < -0.39 is 11.9 Å². The summed E-state index contributed by atoms with van der Waals surface area (Å²) in [6, 6.07) is 14.7. The average Bonchev–Trinajstić information content (AvgIpc) is 3.26. The number of rotatable bonds is 8. The molecule has 4 aromatic rings. The van der Waals surface area contributed by atoms with Gasteiger partial charge < -0.3 is 19.4 Å². The van der Waals surface area contributed by atoms with Crippen LogP contribution < -0.4 is 5.32 Å². The third-order valence-electron chi connectivity index (χ3n) is 5.19. The molecule has 0 radical (unpaired) electrons. The van der Waals surface area contributed by atoms with E-state index in [0.717, 1.165) is 16.8 Å². The summed E-state index contributed by atoms with van der Waals surface area (Å²) < 4.78 is 11.9. The molecule has 8 nitrogen and oxygen atoms in total. The number of aromatic nitrogens is 3. The summed E-state index contributed by atoms with van der Waals surface area (Å²) in [6.07, 6.45) is 4.56. The molecule has 0 saturated heterocycles. The number of carbonyl (C=O) groups is 2. The van der Waals surface area contributed by atoms with Crippen LogP contribution in [-0.2, 0) is 19.1 Å². The number of anilines is 1. The van der Waals surface area contributed by atoms with E-state index >= 15 is 0 Å². The predicted molar refractivity (Wildman–Crippen MR) is 139 cm³/mol. The maximum atomic E-state index is 12.4. The van der Waals surface area contributed by atoms with Gasteiger partial charge in [-0.25, -0.2) is 19.6 Å². The fourth-order valence-corrected chi connectivity index (χ4v) is 3.83. The maximum Gasteiger partial charge on any atom is 0.347 e. The van der Waals surface area contributed by atoms with Crippen molar-refractivity contribution in [3.63, 3.8) is 0 Å². The summed E-state index contributed by atoms with van der Waals surface area (Å²) in [6.45, 7) is 3.52. The highest BCUT2D eigenvalue weighted by atomic mass is 35.5. The van der Waals surface area contributed by atoms with Crippen molar-refractivity contribution in [1.29, 1.82) is 0 Å². The Morgan fingerprint density at radius 3 is 2.08 bits per heavy atom. The summed E-state index contributed by atoms with van der Waals surface area (Å²) in [5.74, 6) is -1.22. The summed E-state index contributed by atoms with van der Waals surface area (Å²) in [5.41, 5.74) is 2.83. The fourth-order valence-electron chi connectivity index (χ4n) is 3.58. The van der Waals surface area contributed by atoms with Crippen LogP contribution >= 0.6 is 23.2 Å². The van der Waals surface area contributed by atoms with Gasteiger partial charge in [0.15, 0.2) is 11.2 Å². The zero-order valence-corrected chi connectivity index (χ0v) is 21.0. The number of fused-ring (bicyclic) bond motifs is 1. The van der Waals surface area contributed by atoms with E-state index in [2.05, 4.69) is 15.3 Å². The highest BCUT2D eigenvalue weighted by molar-refractivity contribution is 6.31. The first kappa shape index (κ1) is 25.2. The van der Waals surface area contributed by atoms with Gasteiger partial charge in [-0.15, -0.1) is 0 Å². The van der Waals surface area contributed by atoms with Crippen molar-refractivity contribution in [3.05, 3.63) is 82.9 Å². The summed E-state index contributed by atoms with van der Waals surface area (Å²) in [5, 5.41) is 4.87. The van der Waals surface area contributed by atoms with Gasteiger partial charge >= 0.3 is 11.9 Å². The van der Waals surface area contributed by atoms with Crippen LogP contribution in [0.5, 0.6) is 0 Å². The number of hydrogen-bond donors (Lipinski definition) is 1. The van der Waals surface area contributed by atoms with Crippen molar-refractivity contribution in [2.45, 2.75) is 13.8 Å². The zero-order chi connectivity index (χ0) is 25.7. The molecule has 0 amide bonds. The van der Waals surface area contributed by atoms with Crippen LogP contribution in [0.4, 0.5) is 5.82 Å². The number of ether oxygens (including phenoxy) is 2. The van der Waals surface area contributed by atoms with Crippen molar-refractivity contribution >= 4 is 52.0 Å². The number of nitrogens with zero attached hydrogens (tertiary/aromatic N) is 3. The normalized spacial score (nSPS) is 10.7. The van der Waals surface area contributed by atoms with Crippen molar-refractivity contribution in [2.24, 2.45) is 0 Å². The highest BCUT2D eigenvalue weighted by Crippen LogP contribution is 2.36. The lowest BCUT2D eigenvalue weighted by Crippen LogP contribution is -2.19. The first-order valence-electron chi connectivity index (χ1n) is 11.1. The largest absolute Gasteiger partial charge is 0.462 e. The minimum absolute atomic E-state index is 0.109. The third-order valence-corrected chi connectivity index (χ3v) is 5.69. The number of halogens is 2. The zero-order valence-electron chi connectivity index (χ0n) is 19.5. The molecule has 2 aromatic heterocycles. The molecule has 10 heteroatoms. The SMILES string of the molecule is CCOC(=O)C(=CNc1ncnc2c1c(-c1ccc(Cl)cc1)cn2-c1ccc(Cl)cc1)C(=O)OCC. The van der Waals surface area contributed by atoms with Gasteiger partial charge in [-0.1, -0.05) is 35.3 Å². The van der Waals surface area contributed by atoms with Crippen molar-refractivity contribution in [3.8, 4) is 16.8 Å². The number of hydrogen-bond acceptors (Lipinski definition) is 7. The smallest absolute Gasteiger partial charge is 0.347 e. The highest BCUT2D eigenvalue weighted by Gasteiger charge is 2.22. The van der Waals surface area contributed by atoms with Crippen molar-refractivity contribution < 1.29 is 19.1 Å². The van der Waals surface area contributed by atoms with Gasteiger partial charge in [0, 0.05) is 33.7 Å². The van der Waals surface area contributed by atoms with E-state index in [1.807, 2.05) is 35.0 Å². The Morgan fingerprint density at radius 1 is 0.917 bits per heavy atom. The third kappa shape index (κ3) is 5.35. The Kier molecular flexibility index (Phi) is 7.87. The molecule has 0 aliphatic rings. The standard InChI is InChI=1S/C26H22Cl2N4O4/c1-3-35-25(33)20(26(34)36-4-2)13-29-23-22-21(16-5-7-17(27)8-6-16)14-32(24(22)31-15-30-23)19-11-9-18(28)10-12-19/h5-15H,3-4H2,1-2H3,(H,29,30,31). The number of nitrogens with one attached hydrogen (secondary N) is 1. The average molecular weight is 525 g/mol. The second-order valence-electron chi connectivity index (χ2n) is 7.46. The summed E-state index contributed by atoms with van der Waals surface area (Å²) in [7, 11) is 0. The van der Waals surface area contributed by atoms with Gasteiger partial charge in [-0.05, 0) is 55.8 Å². The molecule has 0 bridgehead atoms. The Bertz CT molecular complexity index is 1410. The first-order valence-corrected chi connectivity index (χ1v) is 11.9. The first-order chi connectivity index (χ1) is 17.4. The molecular weight excluding hydrogens is 503 g/mol. The summed E-state index contributed by atoms with van der Waals surface area (Å²) in [4.78, 5) is 33.7. The molecule has 36 heavy (non-hydrogen) atoms. The van der Waals surface area contributed by atoms with Crippen molar-refractivity contribution in [2.75, 3.05) is 18.5 Å². The van der Waals surface area contributed by atoms with Crippen LogP contribution in [-0.4, -0.2) is 39.7 Å². The molecule has 2 heterocycles. The lowest BCUT2D eigenvalue weighted by Gasteiger charge is -2.09. The molecular formula is C26H22Cl2N4O4. The van der Waals surface area contributed by atoms with Gasteiger partial charge in [0.1, 0.15) is 12.1 Å². The number of carbonyl (C=O) groups excluding carboxylic acids is 2. The number of esters is 2. The lowest BCUT2D eigenvalue weighted by atomic mass is 10.1. The van der Waals surface area contributed by atoms with E-state index in [0.29, 0.717) is 26.9 Å². The van der Waals surface area contributed by atoms with E-state index in [1.165, 1.54) is 12.5 Å². The Hall–Kier alpha value is -3.88. The van der Waals surface area contributed by atoms with Crippen LogP contribution in [0.1, 0.15) is 13.8 Å². The minimum Gasteiger partial charge on any atom is -0.462 e. The maximum absolute atomic E-state index is 12.4. The van der Waals surface area contributed by atoms with Gasteiger partial charge in [-0.3, -0.25) is 0 Å². The van der Waals surface area contributed by atoms with Gasteiger partial charge in [0.2, 0.25) is 0 Å². The molecule has 184 valence electrons. The molecule has 0 atom stereocenters. The van der Waals surface area contributed by atoms with E-state index in [9.17, 15) is 9.59 Å². The molecule has 4 rings (SSSR count). The Labute approximate surface area is 217 Å². The van der Waals surface area contributed by atoms with Gasteiger partial charge in [-0.2, -0.15) is 0 Å². The van der Waals surface area contributed by atoms with Gasteiger partial charge in [0.05, 0.1) is 18.6 Å². The quantitative estimate of drug-likeness (QED) is 0.134. The molecule has 0 aliphatic carbocycles. The lowest BCUT2D eigenvalue weighted by molar-refractivity contribution is -0.146. The molecule has 0 fully saturated rings. The van der Waals surface area contributed by atoms with Crippen LogP contribution in [0.2, 0.25) is 10.0 Å². The van der Waals surface area contributed by atoms with Crippen LogP contribution in [0.3, 0.4) is 0 Å². The minimum atomic E-state index is -0.801. The summed E-state index contributed by atoms with van der Waals surface area (Å²) >= 11 is 12.2. The molecule has 0 unspecified atom stereocenters. The predicted octanol–water partition coefficient (Wildman–Crippen LogP) is 5.82. The second-order valence-corrected chi connectivity index (χ2v) is 8.33. The molecule has 0 aliphatic heterocycles. The Balaban J connectivity index is 1.88. The molecule has 0 saturated carbocycles. The number of benzene rings is 2. The van der Waals surface area contributed by atoms with Crippen molar-refractivity contribution in [1.82, 2.24) is 14.5 Å². The van der Waals surface area contributed by atoms with E-state index in [1.54, 1.807) is 38.1 Å².